The zero-order valence-electron chi connectivity index (χ0n) is 21.7. The van der Waals surface area contributed by atoms with Gasteiger partial charge in [-0.2, -0.15) is 0 Å². The molecule has 9 heteroatoms. The lowest BCUT2D eigenvalue weighted by Gasteiger charge is -2.33. The minimum absolute atomic E-state index is 0.0799. The highest BCUT2D eigenvalue weighted by atomic mass is 79.9. The number of hydrogen-bond acceptors (Lipinski definition) is 4. The van der Waals surface area contributed by atoms with Crippen LogP contribution in [0.3, 0.4) is 0 Å². The van der Waals surface area contributed by atoms with Gasteiger partial charge in [-0.25, -0.2) is 8.42 Å². The monoisotopic (exact) mass is 599 g/mol. The summed E-state index contributed by atoms with van der Waals surface area (Å²) in [6.45, 7) is 4.15. The van der Waals surface area contributed by atoms with Crippen LogP contribution in [0, 0.1) is 0 Å². The predicted molar refractivity (Wildman–Crippen MR) is 154 cm³/mol. The molecule has 2 amide bonds. The number of amides is 2. The van der Waals surface area contributed by atoms with E-state index in [0.29, 0.717) is 29.5 Å². The molecule has 3 aromatic rings. The first-order chi connectivity index (χ1) is 18.3. The van der Waals surface area contributed by atoms with Gasteiger partial charge in [0.05, 0.1) is 10.6 Å². The van der Waals surface area contributed by atoms with Gasteiger partial charge in [-0.05, 0) is 55.2 Å². The fourth-order valence-electron chi connectivity index (χ4n) is 4.14. The van der Waals surface area contributed by atoms with Gasteiger partial charge in [0.25, 0.3) is 10.0 Å². The molecule has 3 rings (SSSR count). The molecule has 38 heavy (non-hydrogen) atoms. The van der Waals surface area contributed by atoms with E-state index in [1.54, 1.807) is 42.5 Å². The van der Waals surface area contributed by atoms with Crippen LogP contribution in [0.5, 0.6) is 0 Å². The maximum absolute atomic E-state index is 13.9. The van der Waals surface area contributed by atoms with Crippen molar-refractivity contribution in [2.45, 2.75) is 44.0 Å². The highest BCUT2D eigenvalue weighted by Gasteiger charge is 2.33. The quantitative estimate of drug-likeness (QED) is 0.299. The molecule has 1 atom stereocenters. The maximum atomic E-state index is 13.9. The van der Waals surface area contributed by atoms with Crippen molar-refractivity contribution in [2.24, 2.45) is 0 Å². The van der Waals surface area contributed by atoms with Crippen LogP contribution in [0.1, 0.15) is 32.3 Å². The first-order valence-corrected chi connectivity index (χ1v) is 15.0. The standard InChI is InChI=1S/C29H34BrN3O4S/c1-3-19-31-29(35)27(4-2)32(20-18-23-12-7-5-8-13-23)28(34)22-33(25-15-11-14-24(30)21-25)38(36,37)26-16-9-6-10-17-26/h5-17,21,27H,3-4,18-20,22H2,1-2H3,(H,31,35)/t27-/m0/s1. The summed E-state index contributed by atoms with van der Waals surface area (Å²) >= 11 is 3.41. The average molecular weight is 601 g/mol. The highest BCUT2D eigenvalue weighted by molar-refractivity contribution is 9.10. The molecule has 0 spiro atoms. The molecule has 0 saturated heterocycles. The van der Waals surface area contributed by atoms with E-state index in [4.69, 9.17) is 0 Å². The highest BCUT2D eigenvalue weighted by Crippen LogP contribution is 2.27. The molecule has 3 aromatic carbocycles. The number of benzene rings is 3. The number of sulfonamides is 1. The Hall–Kier alpha value is -3.17. The third kappa shape index (κ3) is 7.68. The molecule has 1 N–H and O–H groups in total. The normalized spacial score (nSPS) is 12.0. The Kier molecular flexibility index (Phi) is 10.9. The first-order valence-electron chi connectivity index (χ1n) is 12.7. The number of hydrogen-bond donors (Lipinski definition) is 1. The van der Waals surface area contributed by atoms with Gasteiger partial charge in [0.15, 0.2) is 0 Å². The van der Waals surface area contributed by atoms with Crippen LogP contribution >= 0.6 is 15.9 Å². The van der Waals surface area contributed by atoms with E-state index in [-0.39, 0.29) is 17.3 Å². The smallest absolute Gasteiger partial charge is 0.264 e. The summed E-state index contributed by atoms with van der Waals surface area (Å²) in [4.78, 5) is 28.6. The number of nitrogens with zero attached hydrogens (tertiary/aromatic N) is 2. The zero-order chi connectivity index (χ0) is 27.5. The van der Waals surface area contributed by atoms with Gasteiger partial charge in [-0.3, -0.25) is 13.9 Å². The Bertz CT molecular complexity index is 1300. The van der Waals surface area contributed by atoms with Gasteiger partial charge in [-0.15, -0.1) is 0 Å². The summed E-state index contributed by atoms with van der Waals surface area (Å²) < 4.78 is 29.3. The zero-order valence-corrected chi connectivity index (χ0v) is 24.1. The fourth-order valence-corrected chi connectivity index (χ4v) is 5.96. The summed E-state index contributed by atoms with van der Waals surface area (Å²) in [5.74, 6) is -0.686. The fraction of sp³-hybridized carbons (Fsp3) is 0.310. The van der Waals surface area contributed by atoms with Gasteiger partial charge in [0.1, 0.15) is 12.6 Å². The van der Waals surface area contributed by atoms with E-state index in [1.165, 1.54) is 17.0 Å². The van der Waals surface area contributed by atoms with Crippen molar-refractivity contribution in [3.05, 3.63) is 95.0 Å². The average Bonchev–Trinajstić information content (AvgIpc) is 2.93. The van der Waals surface area contributed by atoms with Crippen LogP contribution in [0.25, 0.3) is 0 Å². The summed E-state index contributed by atoms with van der Waals surface area (Å²) in [6.07, 6.45) is 1.71. The van der Waals surface area contributed by atoms with Gasteiger partial charge in [0, 0.05) is 17.6 Å². The molecular weight excluding hydrogens is 566 g/mol. The molecule has 0 aliphatic carbocycles. The van der Waals surface area contributed by atoms with Gasteiger partial charge < -0.3 is 10.2 Å². The molecule has 0 fully saturated rings. The Morgan fingerprint density at radius 2 is 1.58 bits per heavy atom. The van der Waals surface area contributed by atoms with Crippen LogP contribution in [0.2, 0.25) is 0 Å². The number of rotatable bonds is 13. The molecule has 0 heterocycles. The maximum Gasteiger partial charge on any atom is 0.264 e. The van der Waals surface area contributed by atoms with Gasteiger partial charge >= 0.3 is 0 Å². The van der Waals surface area contributed by atoms with Gasteiger partial charge in [-0.1, -0.05) is 84.4 Å². The molecule has 0 radical (unpaired) electrons. The summed E-state index contributed by atoms with van der Waals surface area (Å²) in [7, 11) is -4.07. The third-order valence-corrected chi connectivity index (χ3v) is 8.41. The van der Waals surface area contributed by atoms with Crippen LogP contribution < -0.4 is 9.62 Å². The van der Waals surface area contributed by atoms with Crippen molar-refractivity contribution in [1.82, 2.24) is 10.2 Å². The molecule has 0 aliphatic heterocycles. The number of anilines is 1. The minimum Gasteiger partial charge on any atom is -0.354 e. The predicted octanol–water partition coefficient (Wildman–Crippen LogP) is 5.02. The number of nitrogens with one attached hydrogen (secondary N) is 1. The molecule has 0 aromatic heterocycles. The van der Waals surface area contributed by atoms with Crippen molar-refractivity contribution in [1.29, 1.82) is 0 Å². The largest absolute Gasteiger partial charge is 0.354 e. The third-order valence-electron chi connectivity index (χ3n) is 6.13. The Labute approximate surface area is 234 Å². The molecule has 0 aliphatic rings. The lowest BCUT2D eigenvalue weighted by Crippen LogP contribution is -2.53. The van der Waals surface area contributed by atoms with Crippen molar-refractivity contribution >= 4 is 43.5 Å². The second-order valence-electron chi connectivity index (χ2n) is 8.84. The van der Waals surface area contributed by atoms with Crippen molar-refractivity contribution in [3.8, 4) is 0 Å². The Morgan fingerprint density at radius 3 is 2.18 bits per heavy atom. The number of halogens is 1. The Morgan fingerprint density at radius 1 is 0.921 bits per heavy atom. The number of carbonyl (C=O) groups excluding carboxylic acids is 2. The summed E-state index contributed by atoms with van der Waals surface area (Å²) in [6, 6.07) is 23.8. The summed E-state index contributed by atoms with van der Waals surface area (Å²) in [5, 5.41) is 2.89. The van der Waals surface area contributed by atoms with Crippen molar-refractivity contribution in [2.75, 3.05) is 23.9 Å². The molecule has 202 valence electrons. The van der Waals surface area contributed by atoms with Crippen LogP contribution in [-0.2, 0) is 26.0 Å². The first kappa shape index (κ1) is 29.4. The Balaban J connectivity index is 1.98. The SMILES string of the molecule is CCCNC(=O)[C@H](CC)N(CCc1ccccc1)C(=O)CN(c1cccc(Br)c1)S(=O)(=O)c1ccccc1. The molecule has 7 nitrogen and oxygen atoms in total. The van der Waals surface area contributed by atoms with E-state index in [9.17, 15) is 18.0 Å². The van der Waals surface area contributed by atoms with Crippen molar-refractivity contribution < 1.29 is 18.0 Å². The molecular formula is C29H34BrN3O4S. The van der Waals surface area contributed by atoms with Crippen LogP contribution in [0.4, 0.5) is 5.69 Å². The number of carbonyl (C=O) groups is 2. The second-order valence-corrected chi connectivity index (χ2v) is 11.6. The molecule has 0 bridgehead atoms. The topological polar surface area (TPSA) is 86.8 Å². The lowest BCUT2D eigenvalue weighted by atomic mass is 10.1. The van der Waals surface area contributed by atoms with E-state index in [2.05, 4.69) is 21.2 Å². The minimum atomic E-state index is -4.07. The van der Waals surface area contributed by atoms with Gasteiger partial charge in [0.2, 0.25) is 11.8 Å². The lowest BCUT2D eigenvalue weighted by molar-refractivity contribution is -0.139. The van der Waals surface area contributed by atoms with E-state index in [0.717, 1.165) is 16.3 Å². The van der Waals surface area contributed by atoms with Crippen molar-refractivity contribution in [3.63, 3.8) is 0 Å². The van der Waals surface area contributed by atoms with Crippen LogP contribution in [0.15, 0.2) is 94.3 Å². The molecule has 0 saturated carbocycles. The second kappa shape index (κ2) is 14.1. The van der Waals surface area contributed by atoms with E-state index >= 15 is 0 Å². The van der Waals surface area contributed by atoms with Crippen LogP contribution in [-0.4, -0.2) is 50.8 Å². The summed E-state index contributed by atoms with van der Waals surface area (Å²) in [5.41, 5.74) is 1.37. The van der Waals surface area contributed by atoms with E-state index in [1.807, 2.05) is 44.2 Å². The van der Waals surface area contributed by atoms with E-state index < -0.39 is 28.5 Å². The molecule has 0 unspecified atom stereocenters.